The van der Waals surface area contributed by atoms with E-state index >= 15 is 0 Å². The molecular formula is C17H20O6. The molecule has 1 aromatic carbocycles. The molecule has 0 spiro atoms. The van der Waals surface area contributed by atoms with Gasteiger partial charge in [0.1, 0.15) is 11.3 Å². The van der Waals surface area contributed by atoms with Crippen LogP contribution in [0.1, 0.15) is 19.4 Å². The van der Waals surface area contributed by atoms with Crippen molar-refractivity contribution < 1.29 is 28.5 Å². The molecule has 0 N–H and O–H groups in total. The Hall–Kier alpha value is -2.50. The Morgan fingerprint density at radius 3 is 2.52 bits per heavy atom. The molecule has 23 heavy (non-hydrogen) atoms. The summed E-state index contributed by atoms with van der Waals surface area (Å²) >= 11 is 0. The Morgan fingerprint density at radius 2 is 1.91 bits per heavy atom. The first-order chi connectivity index (χ1) is 11.0. The zero-order chi connectivity index (χ0) is 17.0. The summed E-state index contributed by atoms with van der Waals surface area (Å²) in [6.45, 7) is 3.50. The number of allylic oxidation sites excluding steroid dienone is 1. The minimum atomic E-state index is -0.729. The highest BCUT2D eigenvalue weighted by Gasteiger charge is 2.38. The van der Waals surface area contributed by atoms with Gasteiger partial charge in [0.2, 0.25) is 5.78 Å². The normalized spacial score (nSPS) is 17.0. The number of rotatable bonds is 6. The van der Waals surface area contributed by atoms with E-state index in [4.69, 9.17) is 18.9 Å². The molecule has 124 valence electrons. The lowest BCUT2D eigenvalue weighted by molar-refractivity contribution is -0.140. The number of hydrogen-bond donors (Lipinski definition) is 0. The third kappa shape index (κ3) is 3.47. The largest absolute Gasteiger partial charge is 0.493 e. The van der Waals surface area contributed by atoms with Gasteiger partial charge in [-0.3, -0.25) is 4.79 Å². The molecular weight excluding hydrogens is 300 g/mol. The van der Waals surface area contributed by atoms with E-state index in [9.17, 15) is 9.59 Å². The van der Waals surface area contributed by atoms with Crippen molar-refractivity contribution in [2.24, 2.45) is 0 Å². The van der Waals surface area contributed by atoms with E-state index in [1.54, 1.807) is 40.2 Å². The van der Waals surface area contributed by atoms with Crippen LogP contribution in [0.4, 0.5) is 0 Å². The van der Waals surface area contributed by atoms with E-state index in [1.807, 2.05) is 6.07 Å². The lowest BCUT2D eigenvalue weighted by atomic mass is 10.0. The molecule has 0 saturated heterocycles. The number of methoxy groups -OCH3 is 2. The second-order valence-corrected chi connectivity index (χ2v) is 5.02. The number of esters is 1. The van der Waals surface area contributed by atoms with Crippen LogP contribution in [0.3, 0.4) is 0 Å². The number of carbonyl (C=O) groups is 2. The summed E-state index contributed by atoms with van der Waals surface area (Å²) in [5, 5.41) is 0. The SMILES string of the molecule is CCOC(=O)C1=C(C)OC(Cc2ccc(OC)c(OC)c2)C1=O. The summed E-state index contributed by atoms with van der Waals surface area (Å²) < 4.78 is 20.9. The first-order valence-electron chi connectivity index (χ1n) is 7.31. The van der Waals surface area contributed by atoms with Crippen LogP contribution in [-0.2, 0) is 25.5 Å². The van der Waals surface area contributed by atoms with Crippen molar-refractivity contribution in [3.8, 4) is 11.5 Å². The molecule has 0 amide bonds. The van der Waals surface area contributed by atoms with Crippen LogP contribution in [0, 0.1) is 0 Å². The fourth-order valence-electron chi connectivity index (χ4n) is 2.46. The van der Waals surface area contributed by atoms with E-state index in [1.165, 1.54) is 0 Å². The highest BCUT2D eigenvalue weighted by Crippen LogP contribution is 2.30. The lowest BCUT2D eigenvalue weighted by Crippen LogP contribution is -2.24. The smallest absolute Gasteiger partial charge is 0.345 e. The molecule has 1 heterocycles. The summed E-state index contributed by atoms with van der Waals surface area (Å²) in [6, 6.07) is 5.38. The molecule has 6 heteroatoms. The minimum absolute atomic E-state index is 0.00248. The zero-order valence-electron chi connectivity index (χ0n) is 13.7. The van der Waals surface area contributed by atoms with Gasteiger partial charge in [-0.15, -0.1) is 0 Å². The van der Waals surface area contributed by atoms with Gasteiger partial charge in [-0.25, -0.2) is 4.79 Å². The fourth-order valence-corrected chi connectivity index (χ4v) is 2.46. The molecule has 1 aromatic rings. The van der Waals surface area contributed by atoms with Crippen LogP contribution in [-0.4, -0.2) is 38.7 Å². The average Bonchev–Trinajstić information content (AvgIpc) is 2.81. The maximum absolute atomic E-state index is 12.4. The monoisotopic (exact) mass is 320 g/mol. The number of carbonyl (C=O) groups excluding carboxylic acids is 2. The second-order valence-electron chi connectivity index (χ2n) is 5.02. The molecule has 0 bridgehead atoms. The number of benzene rings is 1. The number of ketones is 1. The predicted octanol–water partition coefficient (Wildman–Crippen LogP) is 2.05. The summed E-state index contributed by atoms with van der Waals surface area (Å²) in [5.74, 6) is 0.502. The van der Waals surface area contributed by atoms with Gasteiger partial charge in [0, 0.05) is 6.42 Å². The zero-order valence-corrected chi connectivity index (χ0v) is 13.7. The van der Waals surface area contributed by atoms with Gasteiger partial charge in [0.25, 0.3) is 0 Å². The Morgan fingerprint density at radius 1 is 1.22 bits per heavy atom. The van der Waals surface area contributed by atoms with Gasteiger partial charge in [-0.1, -0.05) is 6.07 Å². The number of hydrogen-bond acceptors (Lipinski definition) is 6. The van der Waals surface area contributed by atoms with Gasteiger partial charge >= 0.3 is 5.97 Å². The second kappa shape index (κ2) is 7.17. The average molecular weight is 320 g/mol. The van der Waals surface area contributed by atoms with E-state index in [-0.39, 0.29) is 18.0 Å². The topological polar surface area (TPSA) is 71.1 Å². The molecule has 6 nitrogen and oxygen atoms in total. The first kappa shape index (κ1) is 16.9. The standard InChI is InChI=1S/C17H20O6/c1-5-22-17(19)15-10(2)23-14(16(15)18)9-11-6-7-12(20-3)13(8-11)21-4/h6-8,14H,5,9H2,1-4H3. The molecule has 0 radical (unpaired) electrons. The Labute approximate surface area is 135 Å². The van der Waals surface area contributed by atoms with Crippen molar-refractivity contribution in [1.82, 2.24) is 0 Å². The summed E-state index contributed by atoms with van der Waals surface area (Å²) in [6.07, 6.45) is -0.396. The first-order valence-corrected chi connectivity index (χ1v) is 7.31. The maximum atomic E-state index is 12.4. The third-order valence-corrected chi connectivity index (χ3v) is 3.56. The molecule has 0 saturated carbocycles. The molecule has 1 aliphatic rings. The number of ether oxygens (including phenoxy) is 4. The van der Waals surface area contributed by atoms with Crippen LogP contribution < -0.4 is 9.47 Å². The summed E-state index contributed by atoms with van der Waals surface area (Å²) in [4.78, 5) is 24.2. The molecule has 0 aliphatic carbocycles. The number of Topliss-reactive ketones (excluding diaryl/α,β-unsaturated/α-hetero) is 1. The Balaban J connectivity index is 2.14. The van der Waals surface area contributed by atoms with Gasteiger partial charge in [-0.2, -0.15) is 0 Å². The maximum Gasteiger partial charge on any atom is 0.345 e. The lowest BCUT2D eigenvalue weighted by Gasteiger charge is -2.13. The third-order valence-electron chi connectivity index (χ3n) is 3.56. The van der Waals surface area contributed by atoms with Crippen molar-refractivity contribution in [3.05, 3.63) is 35.1 Å². The van der Waals surface area contributed by atoms with Crippen molar-refractivity contribution >= 4 is 11.8 Å². The van der Waals surface area contributed by atoms with Crippen LogP contribution in [0.2, 0.25) is 0 Å². The Kier molecular flexibility index (Phi) is 5.26. The Bertz CT molecular complexity index is 646. The fraction of sp³-hybridized carbons (Fsp3) is 0.412. The molecule has 2 rings (SSSR count). The molecule has 0 aromatic heterocycles. The quantitative estimate of drug-likeness (QED) is 0.590. The molecule has 0 fully saturated rings. The van der Waals surface area contributed by atoms with Crippen molar-refractivity contribution in [2.45, 2.75) is 26.4 Å². The summed E-state index contributed by atoms with van der Waals surface area (Å²) in [5.41, 5.74) is 0.844. The van der Waals surface area contributed by atoms with Crippen molar-refractivity contribution in [2.75, 3.05) is 20.8 Å². The van der Waals surface area contributed by atoms with Crippen LogP contribution in [0.15, 0.2) is 29.5 Å². The van der Waals surface area contributed by atoms with E-state index in [2.05, 4.69) is 0 Å². The van der Waals surface area contributed by atoms with Gasteiger partial charge in [0.05, 0.1) is 20.8 Å². The van der Waals surface area contributed by atoms with Gasteiger partial charge in [0.15, 0.2) is 17.6 Å². The van der Waals surface area contributed by atoms with E-state index in [0.717, 1.165) is 5.56 Å². The van der Waals surface area contributed by atoms with Crippen molar-refractivity contribution in [1.29, 1.82) is 0 Å². The highest BCUT2D eigenvalue weighted by molar-refractivity contribution is 6.20. The van der Waals surface area contributed by atoms with E-state index in [0.29, 0.717) is 23.7 Å². The summed E-state index contributed by atoms with van der Waals surface area (Å²) in [7, 11) is 3.10. The van der Waals surface area contributed by atoms with Crippen LogP contribution in [0.5, 0.6) is 11.5 Å². The van der Waals surface area contributed by atoms with Gasteiger partial charge in [-0.05, 0) is 31.5 Å². The predicted molar refractivity (Wildman–Crippen MR) is 82.5 cm³/mol. The minimum Gasteiger partial charge on any atom is -0.493 e. The van der Waals surface area contributed by atoms with Crippen LogP contribution >= 0.6 is 0 Å². The molecule has 1 aliphatic heterocycles. The molecule has 1 unspecified atom stereocenters. The highest BCUT2D eigenvalue weighted by atomic mass is 16.5. The van der Waals surface area contributed by atoms with E-state index < -0.39 is 12.1 Å². The van der Waals surface area contributed by atoms with Crippen molar-refractivity contribution in [3.63, 3.8) is 0 Å². The van der Waals surface area contributed by atoms with Gasteiger partial charge < -0.3 is 18.9 Å². The van der Waals surface area contributed by atoms with Crippen LogP contribution in [0.25, 0.3) is 0 Å². The molecule has 1 atom stereocenters.